The third kappa shape index (κ3) is 6.47. The van der Waals surface area contributed by atoms with Gasteiger partial charge in [0.05, 0.1) is 22.0 Å². The van der Waals surface area contributed by atoms with Crippen LogP contribution in [0, 0.1) is 28.5 Å². The number of thiol groups is 1. The van der Waals surface area contributed by atoms with Crippen molar-refractivity contribution in [2.24, 2.45) is 11.7 Å². The first-order chi connectivity index (χ1) is 11.6. The number of halogens is 1. The van der Waals surface area contributed by atoms with E-state index in [0.717, 1.165) is 6.07 Å². The van der Waals surface area contributed by atoms with Crippen molar-refractivity contribution in [3.63, 3.8) is 0 Å². The quantitative estimate of drug-likeness (QED) is 0.360. The Kier molecular flexibility index (Phi) is 7.45. The van der Waals surface area contributed by atoms with Crippen LogP contribution in [0.2, 0.25) is 0 Å². The zero-order valence-corrected chi connectivity index (χ0v) is 15.2. The first kappa shape index (κ1) is 20.5. The molecule has 1 aromatic rings. The van der Waals surface area contributed by atoms with Gasteiger partial charge in [0.15, 0.2) is 0 Å². The van der Waals surface area contributed by atoms with E-state index >= 15 is 0 Å². The highest BCUT2D eigenvalue weighted by atomic mass is 32.1. The Labute approximate surface area is 152 Å². The summed E-state index contributed by atoms with van der Waals surface area (Å²) in [6.07, 6.45) is 1.90. The van der Waals surface area contributed by atoms with E-state index in [1.165, 1.54) is 12.1 Å². The number of hydrogen-bond donors (Lipinski definition) is 5. The van der Waals surface area contributed by atoms with Crippen LogP contribution in [0.4, 0.5) is 15.8 Å². The first-order valence-corrected chi connectivity index (χ1v) is 8.11. The van der Waals surface area contributed by atoms with Gasteiger partial charge in [-0.1, -0.05) is 13.8 Å². The van der Waals surface area contributed by atoms with Crippen LogP contribution in [0.5, 0.6) is 0 Å². The largest absolute Gasteiger partial charge is 0.371 e. The molecule has 0 bridgehead atoms. The van der Waals surface area contributed by atoms with Crippen molar-refractivity contribution in [1.29, 1.82) is 10.7 Å². The van der Waals surface area contributed by atoms with Gasteiger partial charge in [0.25, 0.3) is 0 Å². The van der Waals surface area contributed by atoms with Gasteiger partial charge >= 0.3 is 0 Å². The minimum atomic E-state index is -0.731. The number of nitrogens with zero attached hydrogens (tertiary/aromatic N) is 1. The number of nitrogens with two attached hydrogens (primary N) is 1. The lowest BCUT2D eigenvalue weighted by Gasteiger charge is -2.20. The van der Waals surface area contributed by atoms with Gasteiger partial charge in [0.2, 0.25) is 5.91 Å². The monoisotopic (exact) mass is 363 g/mol. The van der Waals surface area contributed by atoms with Crippen molar-refractivity contribution in [2.45, 2.75) is 33.2 Å². The summed E-state index contributed by atoms with van der Waals surface area (Å²) < 4.78 is 14.3. The molecule has 0 aliphatic rings. The second-order valence-corrected chi connectivity index (χ2v) is 6.54. The minimum absolute atomic E-state index is 0.0543. The van der Waals surface area contributed by atoms with Crippen molar-refractivity contribution in [3.05, 3.63) is 34.6 Å². The number of carbonyl (C=O) groups excluding carboxylic acids is 1. The molecule has 0 saturated carbocycles. The van der Waals surface area contributed by atoms with Gasteiger partial charge in [0, 0.05) is 5.71 Å². The Hall–Kier alpha value is -2.53. The van der Waals surface area contributed by atoms with Crippen molar-refractivity contribution >= 4 is 35.6 Å². The van der Waals surface area contributed by atoms with Gasteiger partial charge in [-0.3, -0.25) is 4.79 Å². The number of benzene rings is 1. The normalized spacial score (nSPS) is 12.4. The van der Waals surface area contributed by atoms with Crippen molar-refractivity contribution in [1.82, 2.24) is 0 Å². The van der Waals surface area contributed by atoms with Crippen molar-refractivity contribution in [3.8, 4) is 6.07 Å². The molecule has 134 valence electrons. The summed E-state index contributed by atoms with van der Waals surface area (Å²) in [5, 5.41) is 22.6. The molecule has 0 fully saturated rings. The minimum Gasteiger partial charge on any atom is -0.371 e. The maximum atomic E-state index is 14.3. The number of amides is 1. The first-order valence-electron chi connectivity index (χ1n) is 7.66. The SMILES string of the molecule is CC(=N)/C=C(\S)Nc1cc(NC(CC(C)C)C(N)=O)c(F)cc1C#N. The smallest absolute Gasteiger partial charge is 0.239 e. The van der Waals surface area contributed by atoms with Crippen molar-refractivity contribution < 1.29 is 9.18 Å². The lowest BCUT2D eigenvalue weighted by atomic mass is 10.0. The van der Waals surface area contributed by atoms with E-state index in [1.807, 2.05) is 19.9 Å². The second-order valence-electron chi connectivity index (χ2n) is 6.06. The summed E-state index contributed by atoms with van der Waals surface area (Å²) >= 11 is 4.19. The van der Waals surface area contributed by atoms with Gasteiger partial charge < -0.3 is 21.8 Å². The number of anilines is 2. The third-order valence-electron chi connectivity index (χ3n) is 3.22. The fraction of sp³-hybridized carbons (Fsp3) is 0.353. The summed E-state index contributed by atoms with van der Waals surface area (Å²) in [6, 6.07) is 3.61. The molecule has 6 nitrogen and oxygen atoms in total. The number of rotatable bonds is 8. The molecule has 1 unspecified atom stereocenters. The van der Waals surface area contributed by atoms with E-state index in [0.29, 0.717) is 17.1 Å². The molecule has 0 heterocycles. The van der Waals surface area contributed by atoms with E-state index in [1.54, 1.807) is 6.92 Å². The molecule has 0 saturated heterocycles. The number of nitrogens with one attached hydrogen (secondary N) is 3. The van der Waals surface area contributed by atoms with Crippen LogP contribution in [0.15, 0.2) is 23.2 Å². The zero-order chi connectivity index (χ0) is 19.1. The summed E-state index contributed by atoms with van der Waals surface area (Å²) in [5.74, 6) is -1.06. The fourth-order valence-electron chi connectivity index (χ4n) is 2.16. The molecule has 1 amide bonds. The highest BCUT2D eigenvalue weighted by Crippen LogP contribution is 2.27. The molecule has 8 heteroatoms. The number of primary amides is 1. The second kappa shape index (κ2) is 9.08. The molecule has 0 radical (unpaired) electrons. The molecule has 0 aliphatic heterocycles. The van der Waals surface area contributed by atoms with Gasteiger partial charge in [-0.15, -0.1) is 12.6 Å². The summed E-state index contributed by atoms with van der Waals surface area (Å²) in [4.78, 5) is 11.6. The molecule has 25 heavy (non-hydrogen) atoms. The van der Waals surface area contributed by atoms with Gasteiger partial charge in [-0.05, 0) is 37.5 Å². The Morgan fingerprint density at radius 1 is 1.48 bits per heavy atom. The molecule has 0 spiro atoms. The number of carbonyl (C=O) groups is 1. The van der Waals surface area contributed by atoms with E-state index < -0.39 is 17.8 Å². The van der Waals surface area contributed by atoms with Gasteiger partial charge in [0.1, 0.15) is 17.9 Å². The molecular weight excluding hydrogens is 341 g/mol. The predicted molar refractivity (Wildman–Crippen MR) is 101 cm³/mol. The van der Waals surface area contributed by atoms with E-state index in [-0.39, 0.29) is 22.9 Å². The van der Waals surface area contributed by atoms with E-state index in [4.69, 9.17) is 11.1 Å². The topological polar surface area (TPSA) is 115 Å². The van der Waals surface area contributed by atoms with Crippen LogP contribution in [-0.2, 0) is 4.79 Å². The molecule has 1 atom stereocenters. The maximum Gasteiger partial charge on any atom is 0.239 e. The maximum absolute atomic E-state index is 14.3. The van der Waals surface area contributed by atoms with Crippen molar-refractivity contribution in [2.75, 3.05) is 10.6 Å². The average molecular weight is 363 g/mol. The molecule has 5 N–H and O–H groups in total. The Morgan fingerprint density at radius 2 is 2.12 bits per heavy atom. The Balaban J connectivity index is 3.20. The zero-order valence-electron chi connectivity index (χ0n) is 14.4. The van der Waals surface area contributed by atoms with Crippen LogP contribution in [0.25, 0.3) is 0 Å². The van der Waals surface area contributed by atoms with Crippen LogP contribution < -0.4 is 16.4 Å². The van der Waals surface area contributed by atoms with Gasteiger partial charge in [-0.2, -0.15) is 5.26 Å². The lowest BCUT2D eigenvalue weighted by Crippen LogP contribution is -2.36. The molecule has 1 aromatic carbocycles. The number of allylic oxidation sites excluding steroid dienone is 1. The third-order valence-corrected chi connectivity index (χ3v) is 3.46. The van der Waals surface area contributed by atoms with E-state index in [9.17, 15) is 14.4 Å². The van der Waals surface area contributed by atoms with Crippen LogP contribution in [0.1, 0.15) is 32.8 Å². The van der Waals surface area contributed by atoms with E-state index in [2.05, 4.69) is 23.3 Å². The number of hydrogen-bond acceptors (Lipinski definition) is 6. The predicted octanol–water partition coefficient (Wildman–Crippen LogP) is 3.23. The summed E-state index contributed by atoms with van der Waals surface area (Å²) in [6.45, 7) is 5.43. The molecule has 1 rings (SSSR count). The van der Waals surface area contributed by atoms with Crippen LogP contribution in [0.3, 0.4) is 0 Å². The molecule has 0 aliphatic carbocycles. The average Bonchev–Trinajstić information content (AvgIpc) is 2.47. The Bertz CT molecular complexity index is 739. The van der Waals surface area contributed by atoms with Crippen LogP contribution in [-0.4, -0.2) is 17.7 Å². The van der Waals surface area contributed by atoms with Gasteiger partial charge in [-0.25, -0.2) is 4.39 Å². The highest BCUT2D eigenvalue weighted by Gasteiger charge is 2.19. The Morgan fingerprint density at radius 3 is 2.60 bits per heavy atom. The number of nitriles is 1. The standard InChI is InChI=1S/C17H22FN5OS/c1-9(2)4-15(17(21)24)22-14-7-13(11(8-19)6-12(14)18)23-16(25)5-10(3)20/h5-7,9,15,20,22-23,25H,4H2,1-3H3,(H2,21,24)/b16-5-,20-10?. The summed E-state index contributed by atoms with van der Waals surface area (Å²) in [5.41, 5.74) is 6.08. The fourth-order valence-corrected chi connectivity index (χ4v) is 2.48. The molecular formula is C17H22FN5OS. The molecule has 0 aromatic heterocycles. The highest BCUT2D eigenvalue weighted by molar-refractivity contribution is 7.84. The summed E-state index contributed by atoms with van der Waals surface area (Å²) in [7, 11) is 0. The lowest BCUT2D eigenvalue weighted by molar-refractivity contribution is -0.119. The van der Waals surface area contributed by atoms with Crippen LogP contribution >= 0.6 is 12.6 Å².